The maximum absolute atomic E-state index is 13.4. The van der Waals surface area contributed by atoms with Crippen LogP contribution in [0.3, 0.4) is 0 Å². The molecule has 9 heteroatoms. The fourth-order valence-electron chi connectivity index (χ4n) is 3.50. The number of sulfonamides is 1. The Morgan fingerprint density at radius 3 is 2.31 bits per heavy atom. The third kappa shape index (κ3) is 6.97. The monoisotopic (exact) mass is 516 g/mol. The highest BCUT2D eigenvalue weighted by Crippen LogP contribution is 2.27. The summed E-state index contributed by atoms with van der Waals surface area (Å²) in [4.78, 5) is 12.9. The van der Waals surface area contributed by atoms with Crippen LogP contribution in [0.5, 0.6) is 11.5 Å². The number of aryl methyl sites for hydroxylation is 1. The van der Waals surface area contributed by atoms with Crippen LogP contribution in [-0.2, 0) is 27.8 Å². The Labute approximate surface area is 211 Å². The van der Waals surface area contributed by atoms with Gasteiger partial charge in [0.2, 0.25) is 15.9 Å². The first-order valence-corrected chi connectivity index (χ1v) is 12.8. The summed E-state index contributed by atoms with van der Waals surface area (Å²) in [7, 11) is -0.811. The number of hydrogen-bond acceptors (Lipinski definition) is 5. The first-order chi connectivity index (χ1) is 16.7. The molecule has 3 rings (SSSR count). The van der Waals surface area contributed by atoms with Crippen LogP contribution in [0.25, 0.3) is 0 Å². The lowest BCUT2D eigenvalue weighted by Gasteiger charge is -2.22. The summed E-state index contributed by atoms with van der Waals surface area (Å²) < 4.78 is 38.5. The van der Waals surface area contributed by atoms with Gasteiger partial charge in [-0.25, -0.2) is 8.42 Å². The maximum Gasteiger partial charge on any atom is 0.243 e. The summed E-state index contributed by atoms with van der Waals surface area (Å²) in [5, 5.41) is 3.25. The smallest absolute Gasteiger partial charge is 0.243 e. The average molecular weight is 517 g/mol. The van der Waals surface area contributed by atoms with Gasteiger partial charge < -0.3 is 14.8 Å². The van der Waals surface area contributed by atoms with Gasteiger partial charge in [0, 0.05) is 18.1 Å². The number of ether oxygens (including phenoxy) is 2. The lowest BCUT2D eigenvalue weighted by molar-refractivity contribution is -0.121. The minimum Gasteiger partial charge on any atom is -0.493 e. The maximum atomic E-state index is 13.4. The van der Waals surface area contributed by atoms with Gasteiger partial charge in [0.15, 0.2) is 11.5 Å². The lowest BCUT2D eigenvalue weighted by Crippen LogP contribution is -2.40. The van der Waals surface area contributed by atoms with Gasteiger partial charge in [-0.2, -0.15) is 4.31 Å². The number of carbonyl (C=O) groups is 1. The van der Waals surface area contributed by atoms with Crippen molar-refractivity contribution in [1.82, 2.24) is 9.62 Å². The number of nitrogens with one attached hydrogen (secondary N) is 1. The fourth-order valence-corrected chi connectivity index (χ4v) is 5.07. The first kappa shape index (κ1) is 26.5. The van der Waals surface area contributed by atoms with E-state index in [1.165, 1.54) is 0 Å². The number of benzene rings is 3. The van der Waals surface area contributed by atoms with Crippen LogP contribution < -0.4 is 14.8 Å². The molecule has 0 saturated carbocycles. The van der Waals surface area contributed by atoms with Gasteiger partial charge in [-0.3, -0.25) is 4.79 Å². The first-order valence-electron chi connectivity index (χ1n) is 11.0. The number of methoxy groups -OCH3 is 2. The highest BCUT2D eigenvalue weighted by atomic mass is 35.5. The normalized spacial score (nSPS) is 11.3. The van der Waals surface area contributed by atoms with Crippen molar-refractivity contribution < 1.29 is 22.7 Å². The number of nitrogens with zero attached hydrogens (tertiary/aromatic N) is 1. The van der Waals surface area contributed by atoms with Crippen LogP contribution >= 0.6 is 11.6 Å². The summed E-state index contributed by atoms with van der Waals surface area (Å²) >= 11 is 6.28. The van der Waals surface area contributed by atoms with E-state index in [4.69, 9.17) is 21.1 Å². The molecule has 7 nitrogen and oxygen atoms in total. The zero-order valence-corrected chi connectivity index (χ0v) is 21.5. The van der Waals surface area contributed by atoms with Gasteiger partial charge in [0.05, 0.1) is 25.7 Å². The molecule has 1 N–H and O–H groups in total. The SMILES string of the molecule is COc1ccc(CCNC(=O)CN(Cc2ccccc2Cl)S(=O)(=O)c2ccc(C)cc2)cc1OC. The quantitative estimate of drug-likeness (QED) is 0.412. The van der Waals surface area contributed by atoms with Crippen molar-refractivity contribution in [3.05, 3.63) is 88.4 Å². The van der Waals surface area contributed by atoms with Crippen molar-refractivity contribution in [2.24, 2.45) is 0 Å². The number of amides is 1. The molecule has 0 heterocycles. The third-order valence-corrected chi connectivity index (χ3v) is 7.64. The predicted octanol–water partition coefficient (Wildman–Crippen LogP) is 4.22. The van der Waals surface area contributed by atoms with E-state index in [0.717, 1.165) is 15.4 Å². The van der Waals surface area contributed by atoms with Crippen LogP contribution in [0.1, 0.15) is 16.7 Å². The summed E-state index contributed by atoms with van der Waals surface area (Å²) in [6.45, 7) is 1.84. The van der Waals surface area contributed by atoms with E-state index in [2.05, 4.69) is 5.32 Å². The third-order valence-electron chi connectivity index (χ3n) is 5.47. The van der Waals surface area contributed by atoms with Gasteiger partial charge in [0.1, 0.15) is 0 Å². The second-order valence-corrected chi connectivity index (χ2v) is 10.3. The molecule has 1 amide bonds. The van der Waals surface area contributed by atoms with Crippen molar-refractivity contribution in [2.45, 2.75) is 24.8 Å². The highest BCUT2D eigenvalue weighted by Gasteiger charge is 2.27. The molecule has 35 heavy (non-hydrogen) atoms. The Kier molecular flexibility index (Phi) is 9.14. The summed E-state index contributed by atoms with van der Waals surface area (Å²) in [5.41, 5.74) is 2.50. The van der Waals surface area contributed by atoms with Gasteiger partial charge >= 0.3 is 0 Å². The Morgan fingerprint density at radius 2 is 1.66 bits per heavy atom. The lowest BCUT2D eigenvalue weighted by atomic mass is 10.1. The van der Waals surface area contributed by atoms with Gasteiger partial charge in [-0.05, 0) is 54.8 Å². The summed E-state index contributed by atoms with van der Waals surface area (Å²) in [6.07, 6.45) is 0.543. The van der Waals surface area contributed by atoms with Crippen molar-refractivity contribution >= 4 is 27.5 Å². The second-order valence-electron chi connectivity index (χ2n) is 7.97. The molecule has 0 unspecified atom stereocenters. The largest absolute Gasteiger partial charge is 0.493 e. The molecule has 186 valence electrons. The minimum absolute atomic E-state index is 0.0288. The van der Waals surface area contributed by atoms with E-state index >= 15 is 0 Å². The molecule has 3 aromatic rings. The van der Waals surface area contributed by atoms with Crippen LogP contribution in [0, 0.1) is 6.92 Å². The van der Waals surface area contributed by atoms with Crippen molar-refractivity contribution in [3.63, 3.8) is 0 Å². The number of halogens is 1. The molecular weight excluding hydrogens is 488 g/mol. The molecule has 0 bridgehead atoms. The Balaban J connectivity index is 1.72. The van der Waals surface area contributed by atoms with E-state index in [9.17, 15) is 13.2 Å². The van der Waals surface area contributed by atoms with E-state index in [1.807, 2.05) is 19.1 Å². The topological polar surface area (TPSA) is 84.9 Å². The van der Waals surface area contributed by atoms with Crippen LogP contribution in [0.2, 0.25) is 5.02 Å². The van der Waals surface area contributed by atoms with E-state index in [0.29, 0.717) is 35.1 Å². The zero-order valence-electron chi connectivity index (χ0n) is 20.0. The zero-order chi connectivity index (χ0) is 25.4. The number of hydrogen-bond donors (Lipinski definition) is 1. The molecule has 0 aliphatic rings. The molecule has 0 radical (unpaired) electrons. The molecule has 0 spiro atoms. The Morgan fingerprint density at radius 1 is 0.971 bits per heavy atom. The molecule has 0 saturated heterocycles. The molecule has 0 fully saturated rings. The number of carbonyl (C=O) groups excluding carboxylic acids is 1. The van der Waals surface area contributed by atoms with Gasteiger partial charge in [0.25, 0.3) is 0 Å². The van der Waals surface area contributed by atoms with E-state index in [-0.39, 0.29) is 18.0 Å². The molecule has 0 aliphatic carbocycles. The van der Waals surface area contributed by atoms with Crippen molar-refractivity contribution in [3.8, 4) is 11.5 Å². The Bertz CT molecular complexity index is 1260. The molecule has 0 aliphatic heterocycles. The molecular formula is C26H29ClN2O5S. The Hall–Kier alpha value is -3.07. The van der Waals surface area contributed by atoms with Gasteiger partial charge in [-0.1, -0.05) is 53.6 Å². The van der Waals surface area contributed by atoms with Crippen LogP contribution in [0.15, 0.2) is 71.6 Å². The van der Waals surface area contributed by atoms with Crippen LogP contribution in [-0.4, -0.2) is 45.9 Å². The van der Waals surface area contributed by atoms with E-state index in [1.54, 1.807) is 68.8 Å². The molecule has 0 aromatic heterocycles. The summed E-state index contributed by atoms with van der Waals surface area (Å²) in [5.74, 6) is 0.816. The van der Waals surface area contributed by atoms with Crippen LogP contribution in [0.4, 0.5) is 0 Å². The second kappa shape index (κ2) is 12.1. The average Bonchev–Trinajstić information content (AvgIpc) is 2.85. The number of rotatable bonds is 11. The van der Waals surface area contributed by atoms with Crippen molar-refractivity contribution in [1.29, 1.82) is 0 Å². The standard InChI is InChI=1S/C26H29ClN2O5S/c1-19-8-11-22(12-9-19)35(31,32)29(17-21-6-4-5-7-23(21)27)18-26(30)28-15-14-20-10-13-24(33-2)25(16-20)34-3/h4-13,16H,14-15,17-18H2,1-3H3,(H,28,30). The minimum atomic E-state index is -3.94. The predicted molar refractivity (Wildman–Crippen MR) is 136 cm³/mol. The van der Waals surface area contributed by atoms with E-state index < -0.39 is 15.9 Å². The summed E-state index contributed by atoms with van der Waals surface area (Å²) in [6, 6.07) is 19.1. The van der Waals surface area contributed by atoms with Crippen molar-refractivity contribution in [2.75, 3.05) is 27.3 Å². The van der Waals surface area contributed by atoms with Gasteiger partial charge in [-0.15, -0.1) is 0 Å². The molecule has 0 atom stereocenters. The fraction of sp³-hybridized carbons (Fsp3) is 0.269. The molecule has 3 aromatic carbocycles. The highest BCUT2D eigenvalue weighted by molar-refractivity contribution is 7.89.